The first-order chi connectivity index (χ1) is 34.6. The third kappa shape index (κ3) is 57.4. The summed E-state index contributed by atoms with van der Waals surface area (Å²) in [5.74, 6) is -0.470. The van der Waals surface area contributed by atoms with Gasteiger partial charge in [-0.1, -0.05) is 246 Å². The third-order valence-corrected chi connectivity index (χ3v) is 12.6. The molecule has 0 aliphatic carbocycles. The van der Waals surface area contributed by atoms with E-state index in [0.29, 0.717) is 19.4 Å². The molecule has 1 unspecified atom stereocenters. The van der Waals surface area contributed by atoms with Crippen molar-refractivity contribution in [3.63, 3.8) is 0 Å². The van der Waals surface area contributed by atoms with Crippen molar-refractivity contribution in [1.82, 2.24) is 0 Å². The highest BCUT2D eigenvalue weighted by atomic mass is 16.6. The first-order valence-corrected chi connectivity index (χ1v) is 29.8. The van der Waals surface area contributed by atoms with E-state index >= 15 is 0 Å². The van der Waals surface area contributed by atoms with Crippen LogP contribution in [0.25, 0.3) is 0 Å². The molecule has 0 saturated carbocycles. The molecule has 402 valence electrons. The van der Waals surface area contributed by atoms with Crippen molar-refractivity contribution in [2.75, 3.05) is 19.8 Å². The van der Waals surface area contributed by atoms with Gasteiger partial charge in [-0.25, -0.2) is 0 Å². The summed E-state index contributed by atoms with van der Waals surface area (Å²) in [5.41, 5.74) is 0. The van der Waals surface area contributed by atoms with E-state index in [1.54, 1.807) is 0 Å². The lowest BCUT2D eigenvalue weighted by Gasteiger charge is -2.18. The molecule has 0 aliphatic rings. The van der Waals surface area contributed by atoms with Crippen LogP contribution in [0.5, 0.6) is 0 Å². The number of carbonyl (C=O) groups is 2. The van der Waals surface area contributed by atoms with Gasteiger partial charge in [-0.05, 0) is 116 Å². The van der Waals surface area contributed by atoms with E-state index in [9.17, 15) is 9.59 Å². The Morgan fingerprint density at radius 1 is 0.329 bits per heavy atom. The summed E-state index contributed by atoms with van der Waals surface area (Å²) in [6, 6.07) is 0. The van der Waals surface area contributed by atoms with Gasteiger partial charge in [0.1, 0.15) is 6.61 Å². The average Bonchev–Trinajstić information content (AvgIpc) is 3.36. The number of allylic oxidation sites excluding steroid dienone is 16. The van der Waals surface area contributed by atoms with Crippen LogP contribution in [0, 0.1) is 0 Å². The Morgan fingerprint density at radius 3 is 1.11 bits per heavy atom. The van der Waals surface area contributed by atoms with Crippen molar-refractivity contribution in [1.29, 1.82) is 0 Å². The highest BCUT2D eigenvalue weighted by Gasteiger charge is 2.17. The summed E-state index contributed by atoms with van der Waals surface area (Å²) >= 11 is 0. The molecule has 0 spiro atoms. The first-order valence-electron chi connectivity index (χ1n) is 29.8. The Hall–Kier alpha value is -3.18. The number of hydrogen-bond donors (Lipinski definition) is 0. The molecule has 0 rings (SSSR count). The summed E-state index contributed by atoms with van der Waals surface area (Å²) in [4.78, 5) is 25.5. The Labute approximate surface area is 434 Å². The minimum Gasteiger partial charge on any atom is -0.462 e. The van der Waals surface area contributed by atoms with E-state index in [2.05, 4.69) is 118 Å². The zero-order valence-electron chi connectivity index (χ0n) is 46.3. The second kappa shape index (κ2) is 60.1. The van der Waals surface area contributed by atoms with Crippen LogP contribution in [0.3, 0.4) is 0 Å². The SMILES string of the molecule is CC/C=C\C/C=C\C/C=C\C/C=C\C/C=C\CCCC(=O)OCC(COCCCCCCCCCCCC/C=C\CCCCCCCC)OC(=O)CCCCCCCCC/C=C\C/C=C\CCCCC. The number of hydrogen-bond acceptors (Lipinski definition) is 5. The molecule has 0 heterocycles. The number of ether oxygens (including phenoxy) is 3. The van der Waals surface area contributed by atoms with Crippen LogP contribution in [0.2, 0.25) is 0 Å². The molecule has 0 N–H and O–H groups in total. The topological polar surface area (TPSA) is 61.8 Å². The predicted octanol–water partition coefficient (Wildman–Crippen LogP) is 20.6. The molecule has 0 aromatic rings. The maximum Gasteiger partial charge on any atom is 0.306 e. The Kier molecular flexibility index (Phi) is 57.4. The van der Waals surface area contributed by atoms with Gasteiger partial charge in [0.05, 0.1) is 6.61 Å². The number of carbonyl (C=O) groups excluding carboxylic acids is 2. The van der Waals surface area contributed by atoms with E-state index < -0.39 is 6.10 Å². The fraction of sp³-hybridized carbons (Fsp3) is 0.723. The molecule has 0 fully saturated rings. The van der Waals surface area contributed by atoms with Crippen LogP contribution in [0.15, 0.2) is 97.2 Å². The van der Waals surface area contributed by atoms with Crippen molar-refractivity contribution in [2.45, 2.75) is 284 Å². The molecule has 0 radical (unpaired) electrons. The van der Waals surface area contributed by atoms with Crippen LogP contribution < -0.4 is 0 Å². The fourth-order valence-electron chi connectivity index (χ4n) is 8.16. The molecule has 1 atom stereocenters. The van der Waals surface area contributed by atoms with E-state index in [0.717, 1.165) is 83.5 Å². The Morgan fingerprint density at radius 2 is 0.657 bits per heavy atom. The molecule has 0 amide bonds. The van der Waals surface area contributed by atoms with Gasteiger partial charge in [-0.2, -0.15) is 0 Å². The molecule has 0 aromatic heterocycles. The summed E-state index contributed by atoms with van der Waals surface area (Å²) in [6.45, 7) is 7.64. The van der Waals surface area contributed by atoms with Gasteiger partial charge in [0.25, 0.3) is 0 Å². The van der Waals surface area contributed by atoms with Crippen molar-refractivity contribution in [3.8, 4) is 0 Å². The highest BCUT2D eigenvalue weighted by Crippen LogP contribution is 2.15. The van der Waals surface area contributed by atoms with Crippen LogP contribution in [0.4, 0.5) is 0 Å². The second-order valence-corrected chi connectivity index (χ2v) is 19.5. The summed E-state index contributed by atoms with van der Waals surface area (Å²) in [6.07, 6.45) is 81.5. The van der Waals surface area contributed by atoms with Crippen LogP contribution in [0.1, 0.15) is 278 Å². The number of esters is 2. The van der Waals surface area contributed by atoms with Crippen molar-refractivity contribution >= 4 is 11.9 Å². The largest absolute Gasteiger partial charge is 0.462 e. The molecular weight excluding hydrogens is 861 g/mol. The van der Waals surface area contributed by atoms with Crippen LogP contribution in [-0.4, -0.2) is 37.9 Å². The molecule has 5 heteroatoms. The monoisotopic (exact) mass is 973 g/mol. The lowest BCUT2D eigenvalue weighted by Crippen LogP contribution is -2.30. The van der Waals surface area contributed by atoms with E-state index in [1.165, 1.54) is 161 Å². The lowest BCUT2D eigenvalue weighted by molar-refractivity contribution is -0.163. The molecule has 0 saturated heterocycles. The molecule has 0 bridgehead atoms. The van der Waals surface area contributed by atoms with Gasteiger partial charge in [0.2, 0.25) is 0 Å². The van der Waals surface area contributed by atoms with Gasteiger partial charge in [-0.3, -0.25) is 9.59 Å². The van der Waals surface area contributed by atoms with Crippen LogP contribution >= 0.6 is 0 Å². The summed E-state index contributed by atoms with van der Waals surface area (Å²) in [7, 11) is 0. The second-order valence-electron chi connectivity index (χ2n) is 19.5. The lowest BCUT2D eigenvalue weighted by atomic mass is 10.1. The maximum atomic E-state index is 12.9. The van der Waals surface area contributed by atoms with Gasteiger partial charge in [-0.15, -0.1) is 0 Å². The predicted molar refractivity (Wildman–Crippen MR) is 306 cm³/mol. The van der Waals surface area contributed by atoms with Crippen molar-refractivity contribution in [2.24, 2.45) is 0 Å². The van der Waals surface area contributed by atoms with E-state index in [-0.39, 0.29) is 25.2 Å². The van der Waals surface area contributed by atoms with E-state index in [4.69, 9.17) is 14.2 Å². The maximum absolute atomic E-state index is 12.9. The van der Waals surface area contributed by atoms with Crippen molar-refractivity contribution < 1.29 is 23.8 Å². The first kappa shape index (κ1) is 66.8. The van der Waals surface area contributed by atoms with Gasteiger partial charge in [0.15, 0.2) is 6.10 Å². The standard InChI is InChI=1S/C65H112O5/c1-4-7-10-13-16-19-22-25-28-31-32-33-36-39-42-45-48-51-54-57-60-68-61-63(70-65(67)59-56-53-50-47-44-41-38-35-30-27-24-21-18-15-12-9-6-3)62-69-64(66)58-55-52-49-46-43-40-37-34-29-26-23-20-17-14-11-8-5-2/h8,11,17-18,20-21,25-30,37,40,46,49,63H,4-7,9-10,12-16,19,22-24,31-36,38-39,41-45,47-48,50-62H2,1-3H3/b11-8-,20-17-,21-18-,28-25-,29-26-,30-27-,40-37-,49-46-. The average molecular weight is 974 g/mol. The number of rotatable bonds is 54. The zero-order chi connectivity index (χ0) is 50.6. The van der Waals surface area contributed by atoms with Gasteiger partial charge < -0.3 is 14.2 Å². The third-order valence-electron chi connectivity index (χ3n) is 12.6. The van der Waals surface area contributed by atoms with Crippen LogP contribution in [-0.2, 0) is 23.8 Å². The Balaban J connectivity index is 4.36. The van der Waals surface area contributed by atoms with E-state index in [1.807, 2.05) is 0 Å². The van der Waals surface area contributed by atoms with Gasteiger partial charge >= 0.3 is 11.9 Å². The van der Waals surface area contributed by atoms with Crippen molar-refractivity contribution in [3.05, 3.63) is 97.2 Å². The zero-order valence-corrected chi connectivity index (χ0v) is 46.3. The summed E-state index contributed by atoms with van der Waals surface area (Å²) in [5, 5.41) is 0. The molecule has 0 aliphatic heterocycles. The summed E-state index contributed by atoms with van der Waals surface area (Å²) < 4.78 is 17.4. The normalized spacial score (nSPS) is 12.9. The number of unbranched alkanes of at least 4 members (excludes halogenated alkanes) is 27. The Bertz CT molecular complexity index is 1330. The minimum absolute atomic E-state index is 0.0487. The highest BCUT2D eigenvalue weighted by molar-refractivity contribution is 5.70. The smallest absolute Gasteiger partial charge is 0.306 e. The molecule has 70 heavy (non-hydrogen) atoms. The molecule has 5 nitrogen and oxygen atoms in total. The minimum atomic E-state index is -0.570. The fourth-order valence-corrected chi connectivity index (χ4v) is 8.16. The van der Waals surface area contributed by atoms with Gasteiger partial charge in [0, 0.05) is 19.4 Å². The molecular formula is C65H112O5. The molecule has 0 aromatic carbocycles. The quantitative estimate of drug-likeness (QED) is 0.0345.